The summed E-state index contributed by atoms with van der Waals surface area (Å²) in [6.45, 7) is -0.694. The summed E-state index contributed by atoms with van der Waals surface area (Å²) in [5.74, 6) is -24.8. The van der Waals surface area contributed by atoms with E-state index in [4.69, 9.17) is 10.2 Å². The van der Waals surface area contributed by atoms with Crippen LogP contribution in [0.15, 0.2) is 0 Å². The lowest BCUT2D eigenvalue weighted by atomic mass is 9.99. The van der Waals surface area contributed by atoms with Crippen LogP contribution in [0.4, 0.5) is 35.1 Å². The average Bonchev–Trinajstić information content (AvgIpc) is 1.98. The topological polar surface area (TPSA) is 40.5 Å². The third-order valence-electron chi connectivity index (χ3n) is 1.74. The van der Waals surface area contributed by atoms with E-state index in [1.165, 1.54) is 0 Å². The summed E-state index contributed by atoms with van der Waals surface area (Å²) in [5, 5.41) is 16.5. The molecule has 0 bridgehead atoms. The van der Waals surface area contributed by atoms with E-state index in [-0.39, 0.29) is 22.6 Å². The number of alkyl halides is 9. The Labute approximate surface area is 103 Å². The third-order valence-corrected chi connectivity index (χ3v) is 2.42. The van der Waals surface area contributed by atoms with Gasteiger partial charge in [-0.15, -0.1) is 0 Å². The van der Waals surface area contributed by atoms with Crippen molar-refractivity contribution in [3.8, 4) is 0 Å². The van der Waals surface area contributed by atoms with Crippen molar-refractivity contribution in [2.45, 2.75) is 34.4 Å². The zero-order valence-corrected chi connectivity index (χ0v) is 9.95. The van der Waals surface area contributed by atoms with Gasteiger partial charge in [0.15, 0.2) is 0 Å². The lowest BCUT2D eigenvalue weighted by Gasteiger charge is -2.38. The average molecular weight is 388 g/mol. The van der Waals surface area contributed by atoms with Gasteiger partial charge in [0.25, 0.3) is 3.79 Å². The Bertz CT molecular complexity index is 263. The minimum absolute atomic E-state index is 0.0843. The molecule has 0 amide bonds. The van der Waals surface area contributed by atoms with Gasteiger partial charge in [0, 0.05) is 6.92 Å². The first-order valence-corrected chi connectivity index (χ1v) is 4.73. The van der Waals surface area contributed by atoms with Crippen LogP contribution >= 0.6 is 22.6 Å². The number of hydrogen-bond donors (Lipinski definition) is 2. The Morgan fingerprint density at radius 2 is 1.00 bits per heavy atom. The molecule has 0 aromatic heterocycles. The molecular formula is C6H5F8IO2. The molecule has 11 heteroatoms. The number of hydrogen-bond acceptors (Lipinski definition) is 2. The summed E-state index contributed by atoms with van der Waals surface area (Å²) in [7, 11) is 0. The summed E-state index contributed by atoms with van der Waals surface area (Å²) < 4.78 is 95.5. The molecule has 0 radical (unpaired) electrons. The number of aliphatic hydroxyl groups is 2. The van der Waals surface area contributed by atoms with Crippen molar-refractivity contribution in [2.24, 2.45) is 0 Å². The van der Waals surface area contributed by atoms with E-state index in [9.17, 15) is 35.1 Å². The molecule has 0 unspecified atom stereocenters. The molecule has 0 spiro atoms. The van der Waals surface area contributed by atoms with E-state index in [1.807, 2.05) is 0 Å². The van der Waals surface area contributed by atoms with Crippen LogP contribution < -0.4 is 0 Å². The summed E-state index contributed by atoms with van der Waals surface area (Å²) in [6, 6.07) is 0. The molecule has 0 atom stereocenters. The summed E-state index contributed by atoms with van der Waals surface area (Å²) in [4.78, 5) is 0. The van der Waals surface area contributed by atoms with Crippen molar-refractivity contribution in [2.75, 3.05) is 0 Å². The van der Waals surface area contributed by atoms with Crippen molar-refractivity contribution in [1.29, 1.82) is 0 Å². The second kappa shape index (κ2) is 4.05. The molecule has 2 nitrogen and oxygen atoms in total. The van der Waals surface area contributed by atoms with Crippen molar-refractivity contribution in [3.05, 3.63) is 0 Å². The van der Waals surface area contributed by atoms with Gasteiger partial charge in [0.1, 0.15) is 0 Å². The monoisotopic (exact) mass is 388 g/mol. The van der Waals surface area contributed by atoms with Crippen LogP contribution in [-0.2, 0) is 0 Å². The molecule has 0 saturated carbocycles. The van der Waals surface area contributed by atoms with Gasteiger partial charge >= 0.3 is 23.7 Å². The van der Waals surface area contributed by atoms with Crippen molar-refractivity contribution >= 4 is 22.6 Å². The predicted octanol–water partition coefficient (Wildman–Crippen LogP) is 2.62. The fourth-order valence-corrected chi connectivity index (χ4v) is 1.01. The van der Waals surface area contributed by atoms with Crippen LogP contribution in [-0.4, -0.2) is 37.7 Å². The van der Waals surface area contributed by atoms with Gasteiger partial charge in [-0.3, -0.25) is 0 Å². The van der Waals surface area contributed by atoms with E-state index in [1.54, 1.807) is 0 Å². The number of halogens is 9. The third kappa shape index (κ3) is 2.45. The molecular weight excluding hydrogens is 383 g/mol. The molecule has 0 rings (SSSR count). The minimum Gasteiger partial charge on any atom is -0.353 e. The Hall–Kier alpha value is 0.0900. The van der Waals surface area contributed by atoms with Crippen LogP contribution in [0.25, 0.3) is 0 Å². The summed E-state index contributed by atoms with van der Waals surface area (Å²) in [5.41, 5.74) is 0. The Balaban J connectivity index is 5.73. The maximum Gasteiger partial charge on any atom is 0.384 e. The Kier molecular flexibility index (Phi) is 4.07. The van der Waals surface area contributed by atoms with Gasteiger partial charge in [0.2, 0.25) is 0 Å². The van der Waals surface area contributed by atoms with E-state index < -0.39 is 34.4 Å². The molecule has 0 aliphatic carbocycles. The van der Waals surface area contributed by atoms with Gasteiger partial charge in [-0.2, -0.15) is 35.1 Å². The molecule has 0 aliphatic heterocycles. The lowest BCUT2D eigenvalue weighted by molar-refractivity contribution is -0.398. The molecule has 0 heterocycles. The molecule has 0 aromatic rings. The molecule has 0 aromatic carbocycles. The number of rotatable bonds is 4. The van der Waals surface area contributed by atoms with Crippen LogP contribution in [0.1, 0.15) is 6.92 Å². The predicted molar refractivity (Wildman–Crippen MR) is 46.7 cm³/mol. The van der Waals surface area contributed by atoms with E-state index in [0.29, 0.717) is 0 Å². The standard InChI is InChI=1S/C6H5F8IO2/c1-2(7,8)3(9,10)4(11,12)5(13,14)6(15,16)17/h16-17H,1H3. The molecule has 0 fully saturated rings. The van der Waals surface area contributed by atoms with E-state index in [0.717, 1.165) is 0 Å². The first kappa shape index (κ1) is 17.1. The lowest BCUT2D eigenvalue weighted by Crippen LogP contribution is -2.67. The molecule has 17 heavy (non-hydrogen) atoms. The quantitative estimate of drug-likeness (QED) is 0.337. The van der Waals surface area contributed by atoms with Crippen LogP contribution in [0.5, 0.6) is 0 Å². The zero-order chi connectivity index (χ0) is 14.5. The van der Waals surface area contributed by atoms with E-state index in [2.05, 4.69) is 0 Å². The van der Waals surface area contributed by atoms with E-state index >= 15 is 0 Å². The molecule has 0 aliphatic rings. The molecule has 0 saturated heterocycles. The maximum atomic E-state index is 12.7. The van der Waals surface area contributed by atoms with Gasteiger partial charge in [-0.1, -0.05) is 0 Å². The first-order valence-electron chi connectivity index (χ1n) is 3.65. The second-order valence-electron chi connectivity index (χ2n) is 3.20. The summed E-state index contributed by atoms with van der Waals surface area (Å²) >= 11 is -0.0843. The van der Waals surface area contributed by atoms with Gasteiger partial charge in [0.05, 0.1) is 0 Å². The second-order valence-corrected chi connectivity index (χ2v) is 4.70. The Morgan fingerprint density at radius 1 is 0.706 bits per heavy atom. The normalized spacial score (nSPS) is 16.2. The van der Waals surface area contributed by atoms with Crippen molar-refractivity contribution in [3.63, 3.8) is 0 Å². The Morgan fingerprint density at radius 3 is 1.18 bits per heavy atom. The largest absolute Gasteiger partial charge is 0.384 e. The van der Waals surface area contributed by atoms with Crippen LogP contribution in [0.2, 0.25) is 0 Å². The van der Waals surface area contributed by atoms with Crippen LogP contribution in [0, 0.1) is 0 Å². The zero-order valence-electron chi connectivity index (χ0n) is 7.80. The highest BCUT2D eigenvalue weighted by Gasteiger charge is 2.83. The minimum atomic E-state index is -6.66. The molecule has 104 valence electrons. The fourth-order valence-electron chi connectivity index (χ4n) is 0.673. The van der Waals surface area contributed by atoms with Gasteiger partial charge in [-0.25, -0.2) is 0 Å². The van der Waals surface area contributed by atoms with Gasteiger partial charge < -0.3 is 10.2 Å². The fraction of sp³-hybridized carbons (Fsp3) is 1.00. The SMILES string of the molecule is CC(F)(F)C(F)(F)C(F)(F)C(F)(F)C(O)(O)I. The maximum absolute atomic E-state index is 12.7. The van der Waals surface area contributed by atoms with Crippen molar-refractivity contribution < 1.29 is 45.3 Å². The summed E-state index contributed by atoms with van der Waals surface area (Å²) in [6.07, 6.45) is 0. The van der Waals surface area contributed by atoms with Crippen molar-refractivity contribution in [1.82, 2.24) is 0 Å². The smallest absolute Gasteiger partial charge is 0.353 e. The first-order chi connectivity index (χ1) is 7.00. The molecule has 2 N–H and O–H groups in total. The highest BCUT2D eigenvalue weighted by molar-refractivity contribution is 14.1. The highest BCUT2D eigenvalue weighted by Crippen LogP contribution is 2.56. The highest BCUT2D eigenvalue weighted by atomic mass is 127. The van der Waals surface area contributed by atoms with Gasteiger partial charge in [-0.05, 0) is 22.6 Å². The van der Waals surface area contributed by atoms with Crippen LogP contribution in [0.3, 0.4) is 0 Å².